The van der Waals surface area contributed by atoms with Crippen LogP contribution >= 0.6 is 0 Å². The lowest BCUT2D eigenvalue weighted by molar-refractivity contribution is 0.109. The molecule has 3 N–H and O–H groups in total. The van der Waals surface area contributed by atoms with Gasteiger partial charge in [-0.3, -0.25) is 0 Å². The summed E-state index contributed by atoms with van der Waals surface area (Å²) < 4.78 is 0. The van der Waals surface area contributed by atoms with Gasteiger partial charge in [-0.2, -0.15) is 0 Å². The number of nitrogens with one attached hydrogen (secondary N) is 1. The van der Waals surface area contributed by atoms with Gasteiger partial charge in [0.1, 0.15) is 0 Å². The fraction of sp³-hybridized carbons (Fsp3) is 1.00. The molecule has 92 valence electrons. The van der Waals surface area contributed by atoms with Crippen LogP contribution in [0.3, 0.4) is 0 Å². The highest BCUT2D eigenvalue weighted by Crippen LogP contribution is 2.24. The highest BCUT2D eigenvalue weighted by atomic mass is 16.3. The van der Waals surface area contributed by atoms with Crippen molar-refractivity contribution in [3.63, 3.8) is 0 Å². The molecule has 0 rings (SSSR count). The second-order valence-corrected chi connectivity index (χ2v) is 4.51. The molecule has 0 bridgehead atoms. The first-order valence-electron chi connectivity index (χ1n) is 6.09. The van der Waals surface area contributed by atoms with Crippen molar-refractivity contribution in [1.82, 2.24) is 5.32 Å². The van der Waals surface area contributed by atoms with Crippen molar-refractivity contribution in [2.45, 2.75) is 52.5 Å². The van der Waals surface area contributed by atoms with Gasteiger partial charge in [-0.25, -0.2) is 0 Å². The summed E-state index contributed by atoms with van der Waals surface area (Å²) in [5.41, 5.74) is 0.0352. The van der Waals surface area contributed by atoms with Crippen LogP contribution in [0.15, 0.2) is 0 Å². The molecule has 3 nitrogen and oxygen atoms in total. The molecular weight excluding hydrogens is 190 g/mol. The molecule has 1 atom stereocenters. The van der Waals surface area contributed by atoms with Crippen molar-refractivity contribution in [2.24, 2.45) is 5.41 Å². The summed E-state index contributed by atoms with van der Waals surface area (Å²) in [6.07, 6.45) is 3.84. The van der Waals surface area contributed by atoms with E-state index in [9.17, 15) is 5.11 Å². The molecule has 0 aliphatic rings. The van der Waals surface area contributed by atoms with Gasteiger partial charge >= 0.3 is 0 Å². The molecule has 0 fully saturated rings. The summed E-state index contributed by atoms with van der Waals surface area (Å²) in [5, 5.41) is 21.5. The average molecular weight is 217 g/mol. The lowest BCUT2D eigenvalue weighted by Gasteiger charge is -2.31. The smallest absolute Gasteiger partial charge is 0.0499 e. The second-order valence-electron chi connectivity index (χ2n) is 4.51. The summed E-state index contributed by atoms with van der Waals surface area (Å²) in [7, 11) is 0. The molecule has 0 aliphatic heterocycles. The van der Waals surface area contributed by atoms with E-state index in [4.69, 9.17) is 5.11 Å². The van der Waals surface area contributed by atoms with Crippen LogP contribution in [0.25, 0.3) is 0 Å². The minimum absolute atomic E-state index is 0.0352. The van der Waals surface area contributed by atoms with Crippen molar-refractivity contribution >= 4 is 0 Å². The largest absolute Gasteiger partial charge is 0.396 e. The Kier molecular flexibility index (Phi) is 8.02. The van der Waals surface area contributed by atoms with Crippen LogP contribution in [0.5, 0.6) is 0 Å². The maximum atomic E-state index is 9.39. The zero-order chi connectivity index (χ0) is 11.7. The fourth-order valence-corrected chi connectivity index (χ4v) is 1.67. The number of aliphatic hydroxyl groups excluding tert-OH is 2. The van der Waals surface area contributed by atoms with E-state index in [1.54, 1.807) is 0 Å². The van der Waals surface area contributed by atoms with E-state index >= 15 is 0 Å². The van der Waals surface area contributed by atoms with Gasteiger partial charge in [0, 0.05) is 31.2 Å². The van der Waals surface area contributed by atoms with Crippen LogP contribution < -0.4 is 5.32 Å². The Morgan fingerprint density at radius 3 is 2.20 bits per heavy atom. The van der Waals surface area contributed by atoms with E-state index in [1.807, 2.05) is 0 Å². The van der Waals surface area contributed by atoms with E-state index in [1.165, 1.54) is 0 Å². The quantitative estimate of drug-likeness (QED) is 0.549. The van der Waals surface area contributed by atoms with E-state index in [2.05, 4.69) is 26.1 Å². The van der Waals surface area contributed by atoms with Gasteiger partial charge in [-0.15, -0.1) is 0 Å². The lowest BCUT2D eigenvalue weighted by Crippen LogP contribution is -2.40. The predicted molar refractivity (Wildman–Crippen MR) is 63.9 cm³/mol. The molecule has 3 heteroatoms. The normalized spacial score (nSPS) is 14.2. The number of rotatable bonds is 9. The van der Waals surface area contributed by atoms with Gasteiger partial charge in [-0.1, -0.05) is 13.8 Å². The van der Waals surface area contributed by atoms with Crippen LogP contribution in [0.2, 0.25) is 0 Å². The van der Waals surface area contributed by atoms with E-state index in [0.717, 1.165) is 32.2 Å². The van der Waals surface area contributed by atoms with Gasteiger partial charge in [0.25, 0.3) is 0 Å². The molecule has 0 aromatic carbocycles. The molecule has 0 spiro atoms. The van der Waals surface area contributed by atoms with Crippen LogP contribution in [-0.2, 0) is 0 Å². The molecule has 0 aromatic rings. The van der Waals surface area contributed by atoms with Crippen LogP contribution in [-0.4, -0.2) is 36.0 Å². The van der Waals surface area contributed by atoms with Crippen molar-refractivity contribution in [3.8, 4) is 0 Å². The standard InChI is InChI=1S/C12H27NO2/c1-4-12(5-2,10-15)9-13-11(3)7-6-8-14/h11,13-15H,4-10H2,1-3H3. The van der Waals surface area contributed by atoms with Crippen molar-refractivity contribution < 1.29 is 10.2 Å². The van der Waals surface area contributed by atoms with Gasteiger partial charge in [0.05, 0.1) is 0 Å². The molecule has 0 heterocycles. The Bertz CT molecular complexity index is 138. The average Bonchev–Trinajstić information content (AvgIpc) is 2.29. The Balaban J connectivity index is 3.88. The van der Waals surface area contributed by atoms with Crippen molar-refractivity contribution in [2.75, 3.05) is 19.8 Å². The maximum absolute atomic E-state index is 9.39. The number of aliphatic hydroxyl groups is 2. The molecule has 15 heavy (non-hydrogen) atoms. The molecule has 0 aliphatic carbocycles. The first-order valence-corrected chi connectivity index (χ1v) is 6.09. The zero-order valence-electron chi connectivity index (χ0n) is 10.4. The van der Waals surface area contributed by atoms with Crippen molar-refractivity contribution in [1.29, 1.82) is 0 Å². The first kappa shape index (κ1) is 14.9. The molecule has 1 unspecified atom stereocenters. The Labute approximate surface area is 93.9 Å². The monoisotopic (exact) mass is 217 g/mol. The third-order valence-corrected chi connectivity index (χ3v) is 3.46. The SMILES string of the molecule is CCC(CC)(CO)CNC(C)CCCO. The Hall–Kier alpha value is -0.120. The van der Waals surface area contributed by atoms with Crippen LogP contribution in [0.1, 0.15) is 46.5 Å². The summed E-state index contributed by atoms with van der Waals surface area (Å²) in [6.45, 7) is 7.75. The van der Waals surface area contributed by atoms with Gasteiger partial charge in [0.15, 0.2) is 0 Å². The third-order valence-electron chi connectivity index (χ3n) is 3.46. The maximum Gasteiger partial charge on any atom is 0.0499 e. The summed E-state index contributed by atoms with van der Waals surface area (Å²) in [6, 6.07) is 0.418. The minimum atomic E-state index is 0.0352. The second kappa shape index (κ2) is 8.08. The lowest BCUT2D eigenvalue weighted by atomic mass is 9.83. The Morgan fingerprint density at radius 2 is 1.80 bits per heavy atom. The minimum Gasteiger partial charge on any atom is -0.396 e. The third kappa shape index (κ3) is 5.50. The predicted octanol–water partition coefficient (Wildman–Crippen LogP) is 1.54. The van der Waals surface area contributed by atoms with Gasteiger partial charge in [-0.05, 0) is 32.6 Å². The summed E-state index contributed by atoms with van der Waals surface area (Å²) in [4.78, 5) is 0. The topological polar surface area (TPSA) is 52.5 Å². The van der Waals surface area contributed by atoms with Crippen LogP contribution in [0.4, 0.5) is 0 Å². The first-order chi connectivity index (χ1) is 7.14. The van der Waals surface area contributed by atoms with Gasteiger partial charge in [0.2, 0.25) is 0 Å². The van der Waals surface area contributed by atoms with E-state index in [-0.39, 0.29) is 18.6 Å². The molecule has 0 amide bonds. The van der Waals surface area contributed by atoms with Crippen molar-refractivity contribution in [3.05, 3.63) is 0 Å². The molecule has 0 radical (unpaired) electrons. The number of hydrogen-bond donors (Lipinski definition) is 3. The molecule has 0 saturated heterocycles. The van der Waals surface area contributed by atoms with Gasteiger partial charge < -0.3 is 15.5 Å². The highest BCUT2D eigenvalue weighted by Gasteiger charge is 2.25. The van der Waals surface area contributed by atoms with E-state index < -0.39 is 0 Å². The summed E-state index contributed by atoms with van der Waals surface area (Å²) >= 11 is 0. The molecule has 0 aromatic heterocycles. The summed E-state index contributed by atoms with van der Waals surface area (Å²) in [5.74, 6) is 0. The van der Waals surface area contributed by atoms with E-state index in [0.29, 0.717) is 6.04 Å². The van der Waals surface area contributed by atoms with Crippen LogP contribution in [0, 0.1) is 5.41 Å². The highest BCUT2D eigenvalue weighted by molar-refractivity contribution is 4.79. The zero-order valence-corrected chi connectivity index (χ0v) is 10.4. The molecule has 0 saturated carbocycles. The number of hydrogen-bond acceptors (Lipinski definition) is 3. The Morgan fingerprint density at radius 1 is 1.20 bits per heavy atom. The fourth-order valence-electron chi connectivity index (χ4n) is 1.67. The molecular formula is C12H27NO2.